The van der Waals surface area contributed by atoms with Crippen LogP contribution in [0.1, 0.15) is 355 Å². The van der Waals surface area contributed by atoms with Gasteiger partial charge in [-0.1, -0.05) is 287 Å². The molecule has 1 unspecified atom stereocenters. The predicted molar refractivity (Wildman–Crippen MR) is 335 cm³/mol. The third kappa shape index (κ3) is 63.8. The van der Waals surface area contributed by atoms with E-state index in [1.807, 2.05) is 0 Å². The van der Waals surface area contributed by atoms with Crippen LogP contribution in [0.15, 0.2) is 60.8 Å². The fraction of sp³-hybridized carbons (Fsp3) is 0.817. The van der Waals surface area contributed by atoms with Gasteiger partial charge in [0, 0.05) is 19.3 Å². The zero-order chi connectivity index (χ0) is 55.7. The smallest absolute Gasteiger partial charge is 0.306 e. The minimum Gasteiger partial charge on any atom is -0.462 e. The largest absolute Gasteiger partial charge is 0.462 e. The van der Waals surface area contributed by atoms with E-state index in [9.17, 15) is 14.4 Å². The molecule has 0 spiro atoms. The summed E-state index contributed by atoms with van der Waals surface area (Å²) in [5.41, 5.74) is 0. The molecule has 0 fully saturated rings. The summed E-state index contributed by atoms with van der Waals surface area (Å²) in [5, 5.41) is 0. The molecule has 6 heteroatoms. The number of allylic oxidation sites excluding steroid dienone is 10. The van der Waals surface area contributed by atoms with Gasteiger partial charge in [0.2, 0.25) is 0 Å². The van der Waals surface area contributed by atoms with Gasteiger partial charge in [-0.3, -0.25) is 14.4 Å². The van der Waals surface area contributed by atoms with Crippen molar-refractivity contribution in [2.75, 3.05) is 13.2 Å². The number of ether oxygens (including phenoxy) is 3. The van der Waals surface area contributed by atoms with E-state index in [0.717, 1.165) is 77.0 Å². The number of hydrogen-bond acceptors (Lipinski definition) is 6. The molecule has 0 saturated carbocycles. The van der Waals surface area contributed by atoms with Crippen molar-refractivity contribution in [3.05, 3.63) is 60.8 Å². The molecule has 0 aromatic rings. The monoisotopic (exact) mass is 1080 g/mol. The van der Waals surface area contributed by atoms with Crippen LogP contribution in [0.2, 0.25) is 0 Å². The number of carbonyl (C=O) groups is 3. The van der Waals surface area contributed by atoms with Crippen LogP contribution in [-0.4, -0.2) is 37.2 Å². The van der Waals surface area contributed by atoms with Crippen LogP contribution >= 0.6 is 0 Å². The van der Waals surface area contributed by atoms with Crippen LogP contribution in [0.5, 0.6) is 0 Å². The molecular formula is C71H128O6. The molecule has 0 aromatic carbocycles. The van der Waals surface area contributed by atoms with E-state index in [0.29, 0.717) is 19.3 Å². The Hall–Kier alpha value is -2.89. The zero-order valence-electron chi connectivity index (χ0n) is 51.5. The Morgan fingerprint density at radius 3 is 0.740 bits per heavy atom. The van der Waals surface area contributed by atoms with Gasteiger partial charge >= 0.3 is 17.9 Å². The Labute approximate surface area is 479 Å². The van der Waals surface area contributed by atoms with E-state index in [1.165, 1.54) is 238 Å². The van der Waals surface area contributed by atoms with Crippen molar-refractivity contribution in [1.82, 2.24) is 0 Å². The van der Waals surface area contributed by atoms with E-state index in [4.69, 9.17) is 14.2 Å². The molecule has 0 bridgehead atoms. The molecule has 0 aliphatic rings. The normalized spacial score (nSPS) is 12.4. The molecule has 0 aromatic heterocycles. The van der Waals surface area contributed by atoms with Crippen molar-refractivity contribution in [1.29, 1.82) is 0 Å². The summed E-state index contributed by atoms with van der Waals surface area (Å²) in [6.45, 7) is 6.65. The lowest BCUT2D eigenvalue weighted by atomic mass is 10.0. The Morgan fingerprint density at radius 1 is 0.260 bits per heavy atom. The molecule has 0 saturated heterocycles. The van der Waals surface area contributed by atoms with Crippen LogP contribution in [0.25, 0.3) is 0 Å². The van der Waals surface area contributed by atoms with Gasteiger partial charge < -0.3 is 14.2 Å². The second-order valence-electron chi connectivity index (χ2n) is 22.7. The maximum atomic E-state index is 12.9. The summed E-state index contributed by atoms with van der Waals surface area (Å²) in [6.07, 6.45) is 83.7. The highest BCUT2D eigenvalue weighted by Gasteiger charge is 2.19. The van der Waals surface area contributed by atoms with Crippen molar-refractivity contribution in [3.8, 4) is 0 Å². The lowest BCUT2D eigenvalue weighted by Gasteiger charge is -2.18. The molecule has 448 valence electrons. The molecule has 0 N–H and O–H groups in total. The maximum Gasteiger partial charge on any atom is 0.306 e. The van der Waals surface area contributed by atoms with Crippen molar-refractivity contribution in [3.63, 3.8) is 0 Å². The summed E-state index contributed by atoms with van der Waals surface area (Å²) in [6, 6.07) is 0. The topological polar surface area (TPSA) is 78.9 Å². The molecule has 0 aliphatic carbocycles. The third-order valence-electron chi connectivity index (χ3n) is 15.0. The highest BCUT2D eigenvalue weighted by atomic mass is 16.6. The van der Waals surface area contributed by atoms with Crippen LogP contribution in [0.4, 0.5) is 0 Å². The van der Waals surface area contributed by atoms with Gasteiger partial charge in [-0.2, -0.15) is 0 Å². The Kier molecular flexibility index (Phi) is 63.2. The lowest BCUT2D eigenvalue weighted by Crippen LogP contribution is -2.30. The van der Waals surface area contributed by atoms with Gasteiger partial charge in [0.25, 0.3) is 0 Å². The van der Waals surface area contributed by atoms with Gasteiger partial charge in [-0.05, 0) is 109 Å². The Balaban J connectivity index is 4.29. The molecule has 1 atom stereocenters. The summed E-state index contributed by atoms with van der Waals surface area (Å²) in [4.78, 5) is 38.4. The second-order valence-corrected chi connectivity index (χ2v) is 22.7. The fourth-order valence-corrected chi connectivity index (χ4v) is 9.85. The molecule has 6 nitrogen and oxygen atoms in total. The molecular weight excluding hydrogens is 949 g/mol. The van der Waals surface area contributed by atoms with Crippen LogP contribution in [0.3, 0.4) is 0 Å². The number of carbonyl (C=O) groups excluding carboxylic acids is 3. The summed E-state index contributed by atoms with van der Waals surface area (Å²) >= 11 is 0. The Morgan fingerprint density at radius 2 is 0.468 bits per heavy atom. The van der Waals surface area contributed by atoms with Gasteiger partial charge in [-0.25, -0.2) is 0 Å². The van der Waals surface area contributed by atoms with Gasteiger partial charge in [0.05, 0.1) is 0 Å². The number of esters is 3. The van der Waals surface area contributed by atoms with Gasteiger partial charge in [0.1, 0.15) is 13.2 Å². The molecule has 77 heavy (non-hydrogen) atoms. The second kappa shape index (κ2) is 65.6. The van der Waals surface area contributed by atoms with Gasteiger partial charge in [-0.15, -0.1) is 0 Å². The third-order valence-corrected chi connectivity index (χ3v) is 15.0. The summed E-state index contributed by atoms with van der Waals surface area (Å²) in [5.74, 6) is -0.873. The highest BCUT2D eigenvalue weighted by Crippen LogP contribution is 2.17. The number of unbranched alkanes of at least 4 members (excludes halogenated alkanes) is 41. The van der Waals surface area contributed by atoms with Crippen LogP contribution in [0, 0.1) is 0 Å². The van der Waals surface area contributed by atoms with E-state index in [-0.39, 0.29) is 31.1 Å². The zero-order valence-corrected chi connectivity index (χ0v) is 51.5. The van der Waals surface area contributed by atoms with Crippen LogP contribution < -0.4 is 0 Å². The number of hydrogen-bond donors (Lipinski definition) is 0. The van der Waals surface area contributed by atoms with Crippen molar-refractivity contribution < 1.29 is 28.6 Å². The standard InChI is InChI=1S/C71H128O6/c1-4-7-10-13-16-19-22-25-28-30-31-32-33-34-35-36-37-38-39-41-43-46-49-52-55-58-61-64-70(73)76-67-68(66-75-69(72)63-60-57-54-51-48-45-42-27-24-21-18-15-12-9-6-3)77-71(74)65-62-59-56-53-50-47-44-40-29-26-23-20-17-14-11-8-5-2/h22,25-27,29-31,33-34,42,68H,4-21,23-24,28,32,35-41,43-67H2,1-3H3/b25-22-,29-26-,31-30-,34-33-,42-27-. The van der Waals surface area contributed by atoms with Crippen molar-refractivity contribution >= 4 is 17.9 Å². The maximum absolute atomic E-state index is 12.9. The van der Waals surface area contributed by atoms with Crippen LogP contribution in [-0.2, 0) is 28.6 Å². The van der Waals surface area contributed by atoms with Crippen molar-refractivity contribution in [2.24, 2.45) is 0 Å². The first-order valence-corrected chi connectivity index (χ1v) is 33.8. The molecule has 0 amide bonds. The minimum absolute atomic E-state index is 0.0772. The highest BCUT2D eigenvalue weighted by molar-refractivity contribution is 5.71. The first kappa shape index (κ1) is 74.1. The van der Waals surface area contributed by atoms with E-state index < -0.39 is 6.10 Å². The predicted octanol–water partition coefficient (Wildman–Crippen LogP) is 23.1. The molecule has 0 radical (unpaired) electrons. The lowest BCUT2D eigenvalue weighted by molar-refractivity contribution is -0.167. The van der Waals surface area contributed by atoms with Gasteiger partial charge in [0.15, 0.2) is 6.10 Å². The summed E-state index contributed by atoms with van der Waals surface area (Å²) < 4.78 is 17.0. The number of rotatable bonds is 62. The SMILES string of the molecule is CCCCCCC/C=C\C/C=C\C/C=C\CCCCCCCCCCCCCCC(=O)OCC(COC(=O)CCCCCCC/C=C\CCCCCCCC)OC(=O)CCCCCCCCC/C=C\CCCCCCCC. The fourth-order valence-electron chi connectivity index (χ4n) is 9.85. The van der Waals surface area contributed by atoms with E-state index >= 15 is 0 Å². The average Bonchev–Trinajstić information content (AvgIpc) is 3.43. The quantitative estimate of drug-likeness (QED) is 0.0261. The van der Waals surface area contributed by atoms with Crippen molar-refractivity contribution in [2.45, 2.75) is 361 Å². The minimum atomic E-state index is -0.781. The average molecular weight is 1080 g/mol. The molecule has 0 aliphatic heterocycles. The molecule has 0 rings (SSSR count). The first-order chi connectivity index (χ1) is 38.0. The summed E-state index contributed by atoms with van der Waals surface area (Å²) in [7, 11) is 0. The first-order valence-electron chi connectivity index (χ1n) is 33.8. The molecule has 0 heterocycles. The Bertz CT molecular complexity index is 1380. The van der Waals surface area contributed by atoms with E-state index in [1.54, 1.807) is 0 Å². The van der Waals surface area contributed by atoms with E-state index in [2.05, 4.69) is 81.5 Å².